The van der Waals surface area contributed by atoms with Gasteiger partial charge in [0.2, 0.25) is 0 Å². The van der Waals surface area contributed by atoms with Crippen molar-refractivity contribution in [3.63, 3.8) is 0 Å². The van der Waals surface area contributed by atoms with Crippen LogP contribution < -0.4 is 0 Å². The van der Waals surface area contributed by atoms with Gasteiger partial charge in [0.15, 0.2) is 5.16 Å². The fourth-order valence-electron chi connectivity index (χ4n) is 1.24. The second-order valence-corrected chi connectivity index (χ2v) is 4.20. The van der Waals surface area contributed by atoms with Crippen molar-refractivity contribution in [1.82, 2.24) is 15.2 Å². The first-order valence-corrected chi connectivity index (χ1v) is 6.04. The summed E-state index contributed by atoms with van der Waals surface area (Å²) >= 11 is 1.60. The molecule has 0 aliphatic carbocycles. The van der Waals surface area contributed by atoms with Gasteiger partial charge in [-0.25, -0.2) is 4.98 Å². The molecule has 0 aliphatic rings. The zero-order valence-electron chi connectivity index (χ0n) is 9.05. The maximum Gasteiger partial charge on any atom is 0.183 e. The largest absolute Gasteiger partial charge is 0.384 e. The molecule has 2 aromatic rings. The van der Waals surface area contributed by atoms with Crippen LogP contribution in [0.3, 0.4) is 0 Å². The number of rotatable bonds is 3. The van der Waals surface area contributed by atoms with E-state index in [2.05, 4.69) is 27.0 Å². The third-order valence-electron chi connectivity index (χ3n) is 2.03. The minimum absolute atomic E-state index is 0.108. The minimum Gasteiger partial charge on any atom is -0.384 e. The molecule has 4 nitrogen and oxygen atoms in total. The highest BCUT2D eigenvalue weighted by molar-refractivity contribution is 7.98. The van der Waals surface area contributed by atoms with Gasteiger partial charge in [-0.05, 0) is 17.7 Å². The van der Waals surface area contributed by atoms with E-state index in [1.165, 1.54) is 11.9 Å². The Kier molecular flexibility index (Phi) is 4.19. The van der Waals surface area contributed by atoms with E-state index in [9.17, 15) is 0 Å². The molecule has 0 aliphatic heterocycles. The van der Waals surface area contributed by atoms with Crippen LogP contribution in [0, 0.1) is 11.8 Å². The maximum atomic E-state index is 8.58. The normalized spacial score (nSPS) is 9.71. The van der Waals surface area contributed by atoms with Crippen molar-refractivity contribution in [1.29, 1.82) is 0 Å². The number of thioether (sulfide) groups is 1. The van der Waals surface area contributed by atoms with Crippen LogP contribution in [0.2, 0.25) is 0 Å². The van der Waals surface area contributed by atoms with Gasteiger partial charge in [0, 0.05) is 11.3 Å². The molecule has 0 spiro atoms. The van der Waals surface area contributed by atoms with Crippen molar-refractivity contribution >= 4 is 11.8 Å². The summed E-state index contributed by atoms with van der Waals surface area (Å²) in [5, 5.41) is 16.0. The van der Waals surface area contributed by atoms with Crippen molar-refractivity contribution in [2.45, 2.75) is 10.9 Å². The van der Waals surface area contributed by atoms with Crippen molar-refractivity contribution in [2.75, 3.05) is 6.61 Å². The number of benzene rings is 1. The SMILES string of the molecule is OCC#Cc1ccc(CSc2ncn[nH]2)cc1. The summed E-state index contributed by atoms with van der Waals surface area (Å²) in [5.74, 6) is 6.31. The van der Waals surface area contributed by atoms with E-state index in [-0.39, 0.29) is 6.61 Å². The number of nitrogens with one attached hydrogen (secondary N) is 1. The maximum absolute atomic E-state index is 8.58. The number of nitrogens with zero attached hydrogens (tertiary/aromatic N) is 2. The Morgan fingerprint density at radius 1 is 1.29 bits per heavy atom. The van der Waals surface area contributed by atoms with Gasteiger partial charge in [0.05, 0.1) is 0 Å². The monoisotopic (exact) mass is 245 g/mol. The van der Waals surface area contributed by atoms with Gasteiger partial charge in [-0.15, -0.1) is 0 Å². The summed E-state index contributed by atoms with van der Waals surface area (Å²) < 4.78 is 0. The predicted molar refractivity (Wildman–Crippen MR) is 66.3 cm³/mol. The lowest BCUT2D eigenvalue weighted by molar-refractivity contribution is 0.350. The molecule has 2 rings (SSSR count). The molecule has 0 bridgehead atoms. The third-order valence-corrected chi connectivity index (χ3v) is 2.98. The summed E-state index contributed by atoms with van der Waals surface area (Å²) in [6, 6.07) is 7.92. The number of aromatic nitrogens is 3. The van der Waals surface area contributed by atoms with Gasteiger partial charge in [-0.2, -0.15) is 5.10 Å². The van der Waals surface area contributed by atoms with Crippen LogP contribution in [0.25, 0.3) is 0 Å². The molecule has 2 N–H and O–H groups in total. The highest BCUT2D eigenvalue weighted by atomic mass is 32.2. The first kappa shape index (κ1) is 11.7. The van der Waals surface area contributed by atoms with Crippen LogP contribution in [0.4, 0.5) is 0 Å². The second kappa shape index (κ2) is 6.09. The number of H-pyrrole nitrogens is 1. The van der Waals surface area contributed by atoms with E-state index >= 15 is 0 Å². The highest BCUT2D eigenvalue weighted by Crippen LogP contribution is 2.18. The standard InChI is InChI=1S/C12H11N3OS/c16-7-1-2-10-3-5-11(6-4-10)8-17-12-13-9-14-15-12/h3-6,9,16H,7-8H2,(H,13,14,15). The topological polar surface area (TPSA) is 61.8 Å². The van der Waals surface area contributed by atoms with Crippen LogP contribution in [-0.4, -0.2) is 26.9 Å². The average molecular weight is 245 g/mol. The fourth-order valence-corrected chi connectivity index (χ4v) is 1.98. The second-order valence-electron chi connectivity index (χ2n) is 3.24. The van der Waals surface area contributed by atoms with E-state index in [0.29, 0.717) is 0 Å². The molecule has 0 saturated heterocycles. The highest BCUT2D eigenvalue weighted by Gasteiger charge is 1.98. The summed E-state index contributed by atoms with van der Waals surface area (Å²) in [6.45, 7) is -0.108. The Morgan fingerprint density at radius 2 is 2.12 bits per heavy atom. The van der Waals surface area contributed by atoms with Crippen molar-refractivity contribution < 1.29 is 5.11 Å². The molecule has 1 aromatic carbocycles. The molecular weight excluding hydrogens is 234 g/mol. The number of aliphatic hydroxyl groups is 1. The third kappa shape index (κ3) is 3.63. The molecule has 86 valence electrons. The van der Waals surface area contributed by atoms with E-state index in [1.807, 2.05) is 24.3 Å². The number of aliphatic hydroxyl groups excluding tert-OH is 1. The molecule has 17 heavy (non-hydrogen) atoms. The molecule has 0 atom stereocenters. The Morgan fingerprint density at radius 3 is 2.76 bits per heavy atom. The van der Waals surface area contributed by atoms with Gasteiger partial charge in [0.1, 0.15) is 12.9 Å². The lowest BCUT2D eigenvalue weighted by atomic mass is 10.1. The average Bonchev–Trinajstić information content (AvgIpc) is 2.88. The van der Waals surface area contributed by atoms with Crippen LogP contribution >= 0.6 is 11.8 Å². The smallest absolute Gasteiger partial charge is 0.183 e. The Labute approximate surface area is 103 Å². The molecule has 1 aromatic heterocycles. The summed E-state index contributed by atoms with van der Waals surface area (Å²) in [6.07, 6.45) is 1.50. The molecule has 0 saturated carbocycles. The minimum atomic E-state index is -0.108. The summed E-state index contributed by atoms with van der Waals surface area (Å²) in [7, 11) is 0. The van der Waals surface area contributed by atoms with Gasteiger partial charge in [-0.3, -0.25) is 5.10 Å². The lowest BCUT2D eigenvalue weighted by Gasteiger charge is -1.99. The fraction of sp³-hybridized carbons (Fsp3) is 0.167. The van der Waals surface area contributed by atoms with E-state index in [0.717, 1.165) is 16.5 Å². The van der Waals surface area contributed by atoms with Crippen LogP contribution in [0.15, 0.2) is 35.7 Å². The number of aromatic amines is 1. The Balaban J connectivity index is 1.94. The predicted octanol–water partition coefficient (Wildman–Crippen LogP) is 1.44. The van der Waals surface area contributed by atoms with Crippen molar-refractivity contribution in [2.24, 2.45) is 0 Å². The van der Waals surface area contributed by atoms with Gasteiger partial charge >= 0.3 is 0 Å². The van der Waals surface area contributed by atoms with E-state index in [4.69, 9.17) is 5.11 Å². The van der Waals surface area contributed by atoms with Crippen LogP contribution in [0.1, 0.15) is 11.1 Å². The molecular formula is C12H11N3OS. The van der Waals surface area contributed by atoms with Gasteiger partial charge < -0.3 is 5.11 Å². The van der Waals surface area contributed by atoms with Gasteiger partial charge in [-0.1, -0.05) is 35.7 Å². The molecule has 0 unspecified atom stereocenters. The molecule has 0 radical (unpaired) electrons. The summed E-state index contributed by atoms with van der Waals surface area (Å²) in [5.41, 5.74) is 2.11. The lowest BCUT2D eigenvalue weighted by Crippen LogP contribution is -1.83. The first-order chi connectivity index (χ1) is 8.38. The Bertz CT molecular complexity index is 511. The van der Waals surface area contributed by atoms with E-state index in [1.54, 1.807) is 11.8 Å². The Hall–Kier alpha value is -1.77. The zero-order valence-corrected chi connectivity index (χ0v) is 9.87. The zero-order chi connectivity index (χ0) is 11.9. The van der Waals surface area contributed by atoms with Crippen LogP contribution in [0.5, 0.6) is 0 Å². The van der Waals surface area contributed by atoms with Crippen molar-refractivity contribution in [3.05, 3.63) is 41.7 Å². The summed E-state index contributed by atoms with van der Waals surface area (Å²) in [4.78, 5) is 4.04. The molecule has 5 heteroatoms. The number of hydrogen-bond donors (Lipinski definition) is 2. The van der Waals surface area contributed by atoms with E-state index < -0.39 is 0 Å². The van der Waals surface area contributed by atoms with Crippen LogP contribution in [-0.2, 0) is 5.75 Å². The number of hydrogen-bond acceptors (Lipinski definition) is 4. The molecule has 1 heterocycles. The quantitative estimate of drug-likeness (QED) is 0.634. The molecule has 0 amide bonds. The van der Waals surface area contributed by atoms with Gasteiger partial charge in [0.25, 0.3) is 0 Å². The first-order valence-electron chi connectivity index (χ1n) is 5.05. The molecule has 0 fully saturated rings. The van der Waals surface area contributed by atoms with Crippen molar-refractivity contribution in [3.8, 4) is 11.8 Å².